The molecule has 0 aliphatic carbocycles. The van der Waals surface area contributed by atoms with E-state index in [1.54, 1.807) is 0 Å². The summed E-state index contributed by atoms with van der Waals surface area (Å²) in [5.74, 6) is 0. The van der Waals surface area contributed by atoms with E-state index < -0.39 is 0 Å². The van der Waals surface area contributed by atoms with Gasteiger partial charge in [-0.15, -0.1) is 0 Å². The van der Waals surface area contributed by atoms with Gasteiger partial charge in [-0.2, -0.15) is 0 Å². The van der Waals surface area contributed by atoms with Gasteiger partial charge in [0.1, 0.15) is 0 Å². The maximum atomic E-state index is 7.00. The van der Waals surface area contributed by atoms with Crippen LogP contribution in [-0.4, -0.2) is 12.2 Å². The summed E-state index contributed by atoms with van der Waals surface area (Å²) < 4.78 is 0. The van der Waals surface area contributed by atoms with Gasteiger partial charge in [-0.25, -0.2) is 0 Å². The van der Waals surface area contributed by atoms with Crippen molar-refractivity contribution in [1.29, 1.82) is 0 Å². The van der Waals surface area contributed by atoms with E-state index in [4.69, 9.17) is 5.11 Å². The third kappa shape index (κ3) is 15.1. The predicted molar refractivity (Wildman–Crippen MR) is 91.9 cm³/mol. The monoisotopic (exact) mass is 270 g/mol. The summed E-state index contributed by atoms with van der Waals surface area (Å²) >= 11 is 0. The first-order valence-electron chi connectivity index (χ1n) is 7.67. The highest BCUT2D eigenvalue weighted by atomic mass is 16.2. The van der Waals surface area contributed by atoms with Crippen LogP contribution < -0.4 is 0 Å². The Hall–Kier alpha value is -0.820. The molecule has 0 atom stereocenters. The molecule has 0 radical (unpaired) electrons. The summed E-state index contributed by atoms with van der Waals surface area (Å²) in [5, 5.41) is 7.00. The maximum absolute atomic E-state index is 7.00. The second-order valence-electron chi connectivity index (χ2n) is 3.60. The van der Waals surface area contributed by atoms with Gasteiger partial charge in [0.25, 0.3) is 0 Å². The molecular formula is C18H38O. The number of benzene rings is 1. The van der Waals surface area contributed by atoms with Gasteiger partial charge in [-0.05, 0) is 17.4 Å². The van der Waals surface area contributed by atoms with Gasteiger partial charge in [0.05, 0.1) is 0 Å². The lowest BCUT2D eigenvalue weighted by molar-refractivity contribution is 0.399. The Morgan fingerprint density at radius 2 is 1.11 bits per heavy atom. The topological polar surface area (TPSA) is 20.2 Å². The minimum atomic E-state index is 0.335. The third-order valence-corrected chi connectivity index (χ3v) is 2.44. The molecule has 0 heterocycles. The first kappa shape index (κ1) is 26.7. The van der Waals surface area contributed by atoms with E-state index in [2.05, 4.69) is 51.1 Å². The number of aliphatic hydroxyl groups excluding tert-OH is 1. The van der Waals surface area contributed by atoms with E-state index in [9.17, 15) is 0 Å². The Kier molecular flexibility index (Phi) is 31.4. The van der Waals surface area contributed by atoms with Crippen molar-refractivity contribution in [3.05, 3.63) is 35.9 Å². The average Bonchev–Trinajstić information content (AvgIpc) is 2.56. The second-order valence-corrected chi connectivity index (χ2v) is 3.60. The van der Waals surface area contributed by atoms with Crippen molar-refractivity contribution in [2.24, 2.45) is 0 Å². The lowest BCUT2D eigenvalue weighted by Gasteiger charge is -2.22. The van der Waals surface area contributed by atoms with Crippen LogP contribution in [0.2, 0.25) is 0 Å². The van der Waals surface area contributed by atoms with Gasteiger partial charge in [0.15, 0.2) is 0 Å². The predicted octanol–water partition coefficient (Wildman–Crippen LogP) is 6.06. The molecule has 19 heavy (non-hydrogen) atoms. The smallest absolute Gasteiger partial charge is 0.0319 e. The molecule has 0 fully saturated rings. The fraction of sp³-hybridized carbons (Fsp3) is 0.667. The van der Waals surface area contributed by atoms with Crippen molar-refractivity contribution in [1.82, 2.24) is 0 Å². The first-order chi connectivity index (χ1) is 9.17. The number of hydrogen-bond donors (Lipinski definition) is 1. The molecule has 1 aromatic carbocycles. The number of hydrogen-bond acceptors (Lipinski definition) is 1. The molecule has 0 aliphatic heterocycles. The van der Waals surface area contributed by atoms with Crippen molar-refractivity contribution < 1.29 is 5.11 Å². The highest BCUT2D eigenvalue weighted by molar-refractivity contribution is 5.22. The fourth-order valence-electron chi connectivity index (χ4n) is 1.09. The minimum absolute atomic E-state index is 0.335. The molecule has 1 nitrogen and oxygen atoms in total. The average molecular weight is 271 g/mol. The summed E-state index contributed by atoms with van der Waals surface area (Å²) in [6, 6.07) is 10.7. The minimum Gasteiger partial charge on any atom is -0.400 e. The van der Waals surface area contributed by atoms with Gasteiger partial charge < -0.3 is 5.11 Å². The van der Waals surface area contributed by atoms with Gasteiger partial charge in [-0.3, -0.25) is 0 Å². The zero-order valence-corrected chi connectivity index (χ0v) is 15.0. The van der Waals surface area contributed by atoms with Crippen molar-refractivity contribution in [3.63, 3.8) is 0 Å². The Bertz CT molecular complexity index is 214. The Morgan fingerprint density at radius 3 is 1.37 bits per heavy atom. The molecule has 1 aromatic rings. The van der Waals surface area contributed by atoms with E-state index >= 15 is 0 Å². The Balaban J connectivity index is -0.000000121. The standard InChI is InChI=1S/C11H16.3C2H6.CH4O/c1-4-11(2,3)10-8-6-5-7-9-10;4*1-2/h5-9H,4H2,1-3H3;3*1-2H3;2H,1H3. The molecule has 0 amide bonds. The fourth-order valence-corrected chi connectivity index (χ4v) is 1.09. The van der Waals surface area contributed by atoms with E-state index in [0.717, 1.165) is 7.11 Å². The molecule has 0 saturated heterocycles. The highest BCUT2D eigenvalue weighted by Gasteiger charge is 2.16. The highest BCUT2D eigenvalue weighted by Crippen LogP contribution is 2.25. The van der Waals surface area contributed by atoms with Crippen molar-refractivity contribution in [3.8, 4) is 0 Å². The zero-order valence-electron chi connectivity index (χ0n) is 15.0. The Morgan fingerprint density at radius 1 is 0.789 bits per heavy atom. The van der Waals surface area contributed by atoms with Crippen LogP contribution >= 0.6 is 0 Å². The summed E-state index contributed by atoms with van der Waals surface area (Å²) in [7, 11) is 1.00. The quantitative estimate of drug-likeness (QED) is 0.692. The molecule has 0 spiro atoms. The van der Waals surface area contributed by atoms with Crippen LogP contribution in [-0.2, 0) is 5.41 Å². The van der Waals surface area contributed by atoms with Gasteiger partial charge in [0, 0.05) is 7.11 Å². The van der Waals surface area contributed by atoms with Crippen LogP contribution in [0.4, 0.5) is 0 Å². The van der Waals surface area contributed by atoms with Gasteiger partial charge >= 0.3 is 0 Å². The van der Waals surface area contributed by atoms with Crippen LogP contribution in [0.25, 0.3) is 0 Å². The van der Waals surface area contributed by atoms with Gasteiger partial charge in [0.2, 0.25) is 0 Å². The Labute approximate surface area is 123 Å². The van der Waals surface area contributed by atoms with Crippen LogP contribution in [0.15, 0.2) is 30.3 Å². The molecular weight excluding hydrogens is 232 g/mol. The van der Waals surface area contributed by atoms with Crippen LogP contribution in [0.1, 0.15) is 74.3 Å². The maximum Gasteiger partial charge on any atom is 0.0319 e. The van der Waals surface area contributed by atoms with E-state index in [0.29, 0.717) is 5.41 Å². The lowest BCUT2D eigenvalue weighted by Crippen LogP contribution is -2.14. The summed E-state index contributed by atoms with van der Waals surface area (Å²) in [4.78, 5) is 0. The molecule has 0 saturated carbocycles. The lowest BCUT2D eigenvalue weighted by atomic mass is 9.82. The number of rotatable bonds is 2. The molecule has 1 rings (SSSR count). The molecule has 0 aliphatic rings. The molecule has 1 heteroatoms. The van der Waals surface area contributed by atoms with Crippen LogP contribution in [0, 0.1) is 0 Å². The van der Waals surface area contributed by atoms with E-state index in [-0.39, 0.29) is 0 Å². The molecule has 1 N–H and O–H groups in total. The van der Waals surface area contributed by atoms with Crippen molar-refractivity contribution in [2.75, 3.05) is 7.11 Å². The summed E-state index contributed by atoms with van der Waals surface area (Å²) in [6.07, 6.45) is 1.19. The molecule has 0 aromatic heterocycles. The van der Waals surface area contributed by atoms with Crippen molar-refractivity contribution in [2.45, 2.75) is 74.1 Å². The molecule has 116 valence electrons. The third-order valence-electron chi connectivity index (χ3n) is 2.44. The first-order valence-corrected chi connectivity index (χ1v) is 7.67. The van der Waals surface area contributed by atoms with Crippen LogP contribution in [0.5, 0.6) is 0 Å². The molecule has 0 bridgehead atoms. The van der Waals surface area contributed by atoms with Crippen LogP contribution in [0.3, 0.4) is 0 Å². The van der Waals surface area contributed by atoms with Crippen molar-refractivity contribution >= 4 is 0 Å². The van der Waals surface area contributed by atoms with E-state index in [1.165, 1.54) is 12.0 Å². The van der Waals surface area contributed by atoms with Gasteiger partial charge in [-0.1, -0.05) is 92.6 Å². The second kappa shape index (κ2) is 22.4. The summed E-state index contributed by atoms with van der Waals surface area (Å²) in [6.45, 7) is 18.8. The zero-order chi connectivity index (χ0) is 16.3. The normalized spacial score (nSPS) is 7.95. The van der Waals surface area contributed by atoms with E-state index in [1.807, 2.05) is 41.5 Å². The summed E-state index contributed by atoms with van der Waals surface area (Å²) in [5.41, 5.74) is 1.77. The largest absolute Gasteiger partial charge is 0.400 e. The molecule has 0 unspecified atom stereocenters. The number of aliphatic hydroxyl groups is 1. The SMILES string of the molecule is CC.CC.CC.CCC(C)(C)c1ccccc1.CO.